The molecule has 60 valence electrons. The zero-order chi connectivity index (χ0) is 7.68. The Kier molecular flexibility index (Phi) is 1.78. The lowest BCUT2D eigenvalue weighted by atomic mass is 9.91. The monoisotopic (exact) mass is 152 g/mol. The number of carbonyl (C=O) groups is 1. The summed E-state index contributed by atoms with van der Waals surface area (Å²) in [6.45, 7) is 0.559. The van der Waals surface area contributed by atoms with Crippen molar-refractivity contribution in [1.82, 2.24) is 0 Å². The summed E-state index contributed by atoms with van der Waals surface area (Å²) in [5.41, 5.74) is 2.20. The number of rotatable bonds is 1. The van der Waals surface area contributed by atoms with E-state index in [4.69, 9.17) is 4.74 Å². The van der Waals surface area contributed by atoms with Gasteiger partial charge in [-0.3, -0.25) is 4.79 Å². The first-order valence-corrected chi connectivity index (χ1v) is 4.20. The van der Waals surface area contributed by atoms with E-state index in [1.807, 2.05) is 0 Å². The third-order valence-electron chi connectivity index (χ3n) is 2.55. The van der Waals surface area contributed by atoms with Crippen LogP contribution >= 0.6 is 0 Å². The molecule has 0 radical (unpaired) electrons. The van der Waals surface area contributed by atoms with E-state index >= 15 is 0 Å². The molecule has 1 aliphatic heterocycles. The molecule has 0 amide bonds. The topological polar surface area (TPSA) is 26.3 Å². The zero-order valence-corrected chi connectivity index (χ0v) is 6.51. The average Bonchev–Trinajstić information content (AvgIpc) is 2.47. The molecule has 1 fully saturated rings. The Morgan fingerprint density at radius 3 is 3.18 bits per heavy atom. The first kappa shape index (κ1) is 7.04. The van der Waals surface area contributed by atoms with Crippen molar-refractivity contribution in [2.45, 2.75) is 31.8 Å². The highest BCUT2D eigenvalue weighted by Gasteiger charge is 2.27. The zero-order valence-electron chi connectivity index (χ0n) is 6.51. The van der Waals surface area contributed by atoms with Gasteiger partial charge in [0.1, 0.15) is 6.29 Å². The molecule has 0 aromatic carbocycles. The number of carbonyl (C=O) groups excluding carboxylic acids is 1. The Morgan fingerprint density at radius 1 is 1.45 bits per heavy atom. The van der Waals surface area contributed by atoms with E-state index in [9.17, 15) is 4.79 Å². The van der Waals surface area contributed by atoms with Crippen LogP contribution in [0, 0.1) is 0 Å². The fourth-order valence-electron chi connectivity index (χ4n) is 1.92. The van der Waals surface area contributed by atoms with Gasteiger partial charge in [0, 0.05) is 5.57 Å². The molecule has 2 nitrogen and oxygen atoms in total. The number of hydrogen-bond donors (Lipinski definition) is 0. The molecular formula is C9H12O2. The smallest absolute Gasteiger partial charge is 0.148 e. The first-order valence-electron chi connectivity index (χ1n) is 4.20. The number of hydrogen-bond acceptors (Lipinski definition) is 2. The van der Waals surface area contributed by atoms with Crippen molar-refractivity contribution in [3.63, 3.8) is 0 Å². The molecule has 1 aliphatic carbocycles. The minimum atomic E-state index is 0.295. The Morgan fingerprint density at radius 2 is 2.36 bits per heavy atom. The predicted molar refractivity (Wildman–Crippen MR) is 41.3 cm³/mol. The molecular weight excluding hydrogens is 140 g/mol. The van der Waals surface area contributed by atoms with Gasteiger partial charge in [0.05, 0.1) is 12.7 Å². The van der Waals surface area contributed by atoms with Crippen LogP contribution in [0.15, 0.2) is 11.1 Å². The summed E-state index contributed by atoms with van der Waals surface area (Å²) in [7, 11) is 0. The van der Waals surface area contributed by atoms with Gasteiger partial charge in [0.2, 0.25) is 0 Å². The molecule has 1 saturated carbocycles. The van der Waals surface area contributed by atoms with Crippen LogP contribution in [0.3, 0.4) is 0 Å². The fourth-order valence-corrected chi connectivity index (χ4v) is 1.92. The van der Waals surface area contributed by atoms with E-state index < -0.39 is 0 Å². The highest BCUT2D eigenvalue weighted by molar-refractivity contribution is 5.76. The summed E-state index contributed by atoms with van der Waals surface area (Å²) in [5, 5.41) is 0. The largest absolute Gasteiger partial charge is 0.369 e. The maximum Gasteiger partial charge on any atom is 0.148 e. The Hall–Kier alpha value is -0.630. The molecule has 2 heteroatoms. The van der Waals surface area contributed by atoms with E-state index in [1.165, 1.54) is 18.4 Å². The van der Waals surface area contributed by atoms with Crippen molar-refractivity contribution in [3.8, 4) is 0 Å². The molecule has 0 bridgehead atoms. The van der Waals surface area contributed by atoms with Crippen molar-refractivity contribution in [3.05, 3.63) is 11.1 Å². The second kappa shape index (κ2) is 2.78. The molecule has 0 N–H and O–H groups in total. The maximum atomic E-state index is 10.5. The Bertz CT molecular complexity index is 206. The molecule has 1 atom stereocenters. The van der Waals surface area contributed by atoms with E-state index in [0.29, 0.717) is 12.7 Å². The van der Waals surface area contributed by atoms with Crippen LogP contribution in [0.1, 0.15) is 25.7 Å². The van der Waals surface area contributed by atoms with Crippen LogP contribution in [0.25, 0.3) is 0 Å². The van der Waals surface area contributed by atoms with E-state index in [-0.39, 0.29) is 0 Å². The normalized spacial score (nSPS) is 30.4. The second-order valence-electron chi connectivity index (χ2n) is 3.21. The minimum absolute atomic E-state index is 0.295. The molecule has 0 aromatic heterocycles. The molecule has 0 unspecified atom stereocenters. The lowest BCUT2D eigenvalue weighted by Gasteiger charge is -2.19. The Labute approximate surface area is 66.2 Å². The summed E-state index contributed by atoms with van der Waals surface area (Å²) < 4.78 is 5.46. The third-order valence-corrected chi connectivity index (χ3v) is 2.55. The van der Waals surface area contributed by atoms with Crippen LogP contribution in [-0.2, 0) is 9.53 Å². The Balaban J connectivity index is 2.22. The quantitative estimate of drug-likeness (QED) is 0.532. The van der Waals surface area contributed by atoms with Gasteiger partial charge in [-0.1, -0.05) is 6.42 Å². The minimum Gasteiger partial charge on any atom is -0.369 e. The maximum absolute atomic E-state index is 10.5. The van der Waals surface area contributed by atoms with Crippen molar-refractivity contribution in [2.75, 3.05) is 6.61 Å². The molecule has 2 aliphatic rings. The van der Waals surface area contributed by atoms with Crippen molar-refractivity contribution < 1.29 is 9.53 Å². The highest BCUT2D eigenvalue weighted by atomic mass is 16.5. The highest BCUT2D eigenvalue weighted by Crippen LogP contribution is 2.32. The molecule has 0 saturated heterocycles. The molecule has 0 spiro atoms. The SMILES string of the molecule is O=CC1=C2CCCC[C@H]2OC1. The van der Waals surface area contributed by atoms with Crippen LogP contribution in [0.2, 0.25) is 0 Å². The molecule has 1 heterocycles. The number of aldehydes is 1. The predicted octanol–water partition coefficient (Wildman–Crippen LogP) is 1.45. The average molecular weight is 152 g/mol. The van der Waals surface area contributed by atoms with Crippen LogP contribution in [-0.4, -0.2) is 19.0 Å². The van der Waals surface area contributed by atoms with Crippen molar-refractivity contribution in [1.29, 1.82) is 0 Å². The third kappa shape index (κ3) is 1.11. The summed E-state index contributed by atoms with van der Waals surface area (Å²) in [6.07, 6.45) is 5.93. The van der Waals surface area contributed by atoms with Gasteiger partial charge in [0.25, 0.3) is 0 Å². The van der Waals surface area contributed by atoms with Crippen LogP contribution in [0.5, 0.6) is 0 Å². The summed E-state index contributed by atoms with van der Waals surface area (Å²) >= 11 is 0. The summed E-state index contributed by atoms with van der Waals surface area (Å²) in [4.78, 5) is 10.5. The van der Waals surface area contributed by atoms with Crippen LogP contribution in [0.4, 0.5) is 0 Å². The van der Waals surface area contributed by atoms with E-state index in [1.54, 1.807) is 0 Å². The summed E-state index contributed by atoms with van der Waals surface area (Å²) in [5.74, 6) is 0. The number of fused-ring (bicyclic) bond motifs is 1. The first-order chi connectivity index (χ1) is 5.42. The fraction of sp³-hybridized carbons (Fsp3) is 0.667. The lowest BCUT2D eigenvalue weighted by Crippen LogP contribution is -2.14. The van der Waals surface area contributed by atoms with Gasteiger partial charge in [-0.05, 0) is 24.8 Å². The van der Waals surface area contributed by atoms with Gasteiger partial charge < -0.3 is 4.74 Å². The van der Waals surface area contributed by atoms with Crippen molar-refractivity contribution >= 4 is 6.29 Å². The van der Waals surface area contributed by atoms with Gasteiger partial charge in [-0.15, -0.1) is 0 Å². The standard InChI is InChI=1S/C9H12O2/c10-5-7-6-11-9-4-2-1-3-8(7)9/h5,9H,1-4,6H2/t9-/m1/s1. The molecule has 11 heavy (non-hydrogen) atoms. The van der Waals surface area contributed by atoms with Gasteiger partial charge in [-0.2, -0.15) is 0 Å². The second-order valence-corrected chi connectivity index (χ2v) is 3.21. The summed E-state index contributed by atoms with van der Waals surface area (Å²) in [6, 6.07) is 0. The van der Waals surface area contributed by atoms with Gasteiger partial charge in [-0.25, -0.2) is 0 Å². The van der Waals surface area contributed by atoms with Gasteiger partial charge in [0.15, 0.2) is 0 Å². The molecule has 2 rings (SSSR count). The molecule has 0 aromatic rings. The number of ether oxygens (including phenoxy) is 1. The van der Waals surface area contributed by atoms with Crippen LogP contribution < -0.4 is 0 Å². The lowest BCUT2D eigenvalue weighted by molar-refractivity contribution is -0.105. The van der Waals surface area contributed by atoms with E-state index in [2.05, 4.69) is 0 Å². The van der Waals surface area contributed by atoms with Crippen molar-refractivity contribution in [2.24, 2.45) is 0 Å². The van der Waals surface area contributed by atoms with Gasteiger partial charge >= 0.3 is 0 Å². The van der Waals surface area contributed by atoms with E-state index in [0.717, 1.165) is 24.7 Å².